The highest BCUT2D eigenvalue weighted by molar-refractivity contribution is 8.13. The van der Waals surface area contributed by atoms with Gasteiger partial charge in [-0.25, -0.2) is 17.6 Å². The number of hydrogen-bond acceptors (Lipinski definition) is 4. The smallest absolute Gasteiger partial charge is 0.412 e. The molecule has 0 aliphatic rings. The van der Waals surface area contributed by atoms with Gasteiger partial charge in [0.2, 0.25) is 9.05 Å². The summed E-state index contributed by atoms with van der Waals surface area (Å²) in [5, 5.41) is 2.37. The summed E-state index contributed by atoms with van der Waals surface area (Å²) in [7, 11) is 1.27. The highest BCUT2D eigenvalue weighted by atomic mass is 35.7. The molecule has 0 saturated carbocycles. The van der Waals surface area contributed by atoms with Crippen molar-refractivity contribution in [3.63, 3.8) is 0 Å². The van der Waals surface area contributed by atoms with E-state index in [1.54, 1.807) is 20.8 Å². The third kappa shape index (κ3) is 6.21. The lowest BCUT2D eigenvalue weighted by atomic mass is 10.2. The van der Waals surface area contributed by atoms with Crippen LogP contribution in [0.4, 0.5) is 14.9 Å². The van der Waals surface area contributed by atoms with E-state index in [4.69, 9.17) is 15.4 Å². The van der Waals surface area contributed by atoms with Crippen LogP contribution in [-0.2, 0) is 19.5 Å². The van der Waals surface area contributed by atoms with E-state index in [1.165, 1.54) is 6.07 Å². The van der Waals surface area contributed by atoms with Crippen LogP contribution in [-0.4, -0.2) is 20.1 Å². The van der Waals surface area contributed by atoms with Gasteiger partial charge in [-0.15, -0.1) is 0 Å². The van der Waals surface area contributed by atoms with Gasteiger partial charge in [-0.05, 0) is 44.5 Å². The van der Waals surface area contributed by atoms with Crippen LogP contribution in [0.1, 0.15) is 26.3 Å². The van der Waals surface area contributed by atoms with Crippen LogP contribution in [0, 0.1) is 5.82 Å². The Kier molecular flexibility index (Phi) is 4.99. The van der Waals surface area contributed by atoms with Gasteiger partial charge in [0, 0.05) is 16.4 Å². The van der Waals surface area contributed by atoms with Crippen LogP contribution in [0.15, 0.2) is 18.2 Å². The fourth-order valence-electron chi connectivity index (χ4n) is 1.40. The van der Waals surface area contributed by atoms with E-state index in [1.807, 2.05) is 0 Å². The summed E-state index contributed by atoms with van der Waals surface area (Å²) in [6.45, 7) is 5.05. The van der Waals surface area contributed by atoms with Crippen molar-refractivity contribution < 1.29 is 22.3 Å². The van der Waals surface area contributed by atoms with Gasteiger partial charge in [-0.3, -0.25) is 5.32 Å². The fraction of sp³-hybridized carbons (Fsp3) is 0.417. The maximum atomic E-state index is 13.1. The van der Waals surface area contributed by atoms with Gasteiger partial charge in [-0.2, -0.15) is 0 Å². The van der Waals surface area contributed by atoms with Crippen molar-refractivity contribution in [1.82, 2.24) is 0 Å². The number of anilines is 1. The summed E-state index contributed by atoms with van der Waals surface area (Å²) in [6, 6.07) is 3.33. The first-order valence-corrected chi connectivity index (χ1v) is 8.15. The van der Waals surface area contributed by atoms with E-state index >= 15 is 0 Å². The molecule has 0 aliphatic heterocycles. The third-order valence-electron chi connectivity index (χ3n) is 2.03. The molecule has 0 radical (unpaired) electrons. The molecule has 0 heterocycles. The first kappa shape index (κ1) is 16.7. The van der Waals surface area contributed by atoms with Crippen molar-refractivity contribution in [3.05, 3.63) is 29.6 Å². The molecule has 1 aromatic rings. The zero-order valence-electron chi connectivity index (χ0n) is 11.2. The molecule has 1 N–H and O–H groups in total. The fourth-order valence-corrected chi connectivity index (χ4v) is 2.37. The van der Waals surface area contributed by atoms with Gasteiger partial charge in [-0.1, -0.05) is 0 Å². The zero-order valence-corrected chi connectivity index (χ0v) is 12.8. The number of ether oxygens (including phenoxy) is 1. The zero-order chi connectivity index (χ0) is 15.6. The second kappa shape index (κ2) is 5.97. The lowest BCUT2D eigenvalue weighted by Gasteiger charge is -2.20. The van der Waals surface area contributed by atoms with Crippen molar-refractivity contribution in [1.29, 1.82) is 0 Å². The maximum Gasteiger partial charge on any atom is 0.412 e. The van der Waals surface area contributed by atoms with E-state index in [-0.39, 0.29) is 11.3 Å². The van der Waals surface area contributed by atoms with Crippen LogP contribution < -0.4 is 5.32 Å². The number of hydrogen-bond donors (Lipinski definition) is 1. The van der Waals surface area contributed by atoms with E-state index in [0.29, 0.717) is 0 Å². The van der Waals surface area contributed by atoms with E-state index in [9.17, 15) is 17.6 Å². The molecule has 0 fully saturated rings. The molecule has 20 heavy (non-hydrogen) atoms. The van der Waals surface area contributed by atoms with Crippen molar-refractivity contribution in [2.75, 3.05) is 5.32 Å². The number of amides is 1. The molecular weight excluding hydrogens is 309 g/mol. The van der Waals surface area contributed by atoms with E-state index in [2.05, 4.69) is 5.32 Å². The third-order valence-corrected chi connectivity index (χ3v) is 3.01. The molecule has 8 heteroatoms. The van der Waals surface area contributed by atoms with Crippen LogP contribution in [0.2, 0.25) is 0 Å². The molecule has 0 aromatic heterocycles. The number of nitrogens with one attached hydrogen (secondary N) is 1. The van der Waals surface area contributed by atoms with Crippen molar-refractivity contribution >= 4 is 31.5 Å². The quantitative estimate of drug-likeness (QED) is 0.867. The molecule has 0 bridgehead atoms. The van der Waals surface area contributed by atoms with Crippen LogP contribution >= 0.6 is 10.7 Å². The standard InChI is InChI=1S/C12H15ClFNO4S/c1-12(2,3)19-11(16)15-10-5-4-9(14)6-8(10)7-20(13,17)18/h4-6H,7H2,1-3H3,(H,15,16). The molecule has 0 spiro atoms. The second-order valence-corrected chi connectivity index (χ2v) is 7.89. The number of carbonyl (C=O) groups excluding carboxylic acids is 1. The van der Waals surface area contributed by atoms with Crippen LogP contribution in [0.3, 0.4) is 0 Å². The van der Waals surface area contributed by atoms with Gasteiger partial charge in [0.15, 0.2) is 0 Å². The predicted molar refractivity (Wildman–Crippen MR) is 74.7 cm³/mol. The number of rotatable bonds is 3. The van der Waals surface area contributed by atoms with Crippen LogP contribution in [0.5, 0.6) is 0 Å². The summed E-state index contributed by atoms with van der Waals surface area (Å²) in [6.07, 6.45) is -0.766. The number of benzene rings is 1. The summed E-state index contributed by atoms with van der Waals surface area (Å²) in [5.74, 6) is -1.23. The van der Waals surface area contributed by atoms with E-state index in [0.717, 1.165) is 12.1 Å². The Labute approximate surface area is 121 Å². The summed E-state index contributed by atoms with van der Waals surface area (Å²) in [5.41, 5.74) is -0.529. The predicted octanol–water partition coefficient (Wildman–Crippen LogP) is 3.24. The average Bonchev–Trinajstić information content (AvgIpc) is 2.17. The van der Waals surface area contributed by atoms with E-state index < -0.39 is 32.3 Å². The summed E-state index contributed by atoms with van der Waals surface area (Å²) < 4.78 is 40.3. The Morgan fingerprint density at radius 3 is 2.50 bits per heavy atom. The van der Waals surface area contributed by atoms with Gasteiger partial charge in [0.25, 0.3) is 0 Å². The largest absolute Gasteiger partial charge is 0.444 e. The highest BCUT2D eigenvalue weighted by Gasteiger charge is 2.19. The Morgan fingerprint density at radius 1 is 1.40 bits per heavy atom. The maximum absolute atomic E-state index is 13.1. The minimum Gasteiger partial charge on any atom is -0.444 e. The van der Waals surface area contributed by atoms with Crippen LogP contribution in [0.25, 0.3) is 0 Å². The van der Waals surface area contributed by atoms with Crippen molar-refractivity contribution in [3.8, 4) is 0 Å². The molecule has 0 saturated heterocycles. The second-order valence-electron chi connectivity index (χ2n) is 5.11. The monoisotopic (exact) mass is 323 g/mol. The average molecular weight is 324 g/mol. The van der Waals surface area contributed by atoms with Crippen molar-refractivity contribution in [2.45, 2.75) is 32.1 Å². The summed E-state index contributed by atoms with van der Waals surface area (Å²) in [4.78, 5) is 11.6. The molecule has 1 aromatic carbocycles. The molecule has 1 rings (SSSR count). The lowest BCUT2D eigenvalue weighted by Crippen LogP contribution is -2.27. The summed E-state index contributed by atoms with van der Waals surface area (Å²) >= 11 is 0. The molecular formula is C12H15ClFNO4S. The Bertz CT molecular complexity index is 610. The van der Waals surface area contributed by atoms with Gasteiger partial charge < -0.3 is 4.74 Å². The molecule has 5 nitrogen and oxygen atoms in total. The first-order valence-electron chi connectivity index (χ1n) is 5.67. The molecule has 0 unspecified atom stereocenters. The normalized spacial score (nSPS) is 12.1. The minimum absolute atomic E-state index is 0.0471. The van der Waals surface area contributed by atoms with Gasteiger partial charge >= 0.3 is 6.09 Å². The van der Waals surface area contributed by atoms with Gasteiger partial charge in [0.05, 0.1) is 5.75 Å². The van der Waals surface area contributed by atoms with Crippen molar-refractivity contribution in [2.24, 2.45) is 0 Å². The minimum atomic E-state index is -3.87. The molecule has 112 valence electrons. The highest BCUT2D eigenvalue weighted by Crippen LogP contribution is 2.22. The Balaban J connectivity index is 2.98. The van der Waals surface area contributed by atoms with Gasteiger partial charge in [0.1, 0.15) is 11.4 Å². The number of carbonyl (C=O) groups is 1. The topological polar surface area (TPSA) is 72.5 Å². The Morgan fingerprint density at radius 2 is 2.00 bits per heavy atom. The molecule has 0 atom stereocenters. The SMILES string of the molecule is CC(C)(C)OC(=O)Nc1ccc(F)cc1CS(=O)(=O)Cl. The molecule has 0 aliphatic carbocycles. The first-order chi connectivity index (χ1) is 8.96. The molecule has 1 amide bonds. The lowest BCUT2D eigenvalue weighted by molar-refractivity contribution is 0.0635. The number of halogens is 2. The Hall–Kier alpha value is -1.34.